The van der Waals surface area contributed by atoms with E-state index in [0.29, 0.717) is 24.8 Å². The van der Waals surface area contributed by atoms with E-state index < -0.39 is 5.60 Å². The number of imidazole rings is 1. The molecule has 0 atom stereocenters. The maximum atomic E-state index is 12.3. The summed E-state index contributed by atoms with van der Waals surface area (Å²) in [6.45, 7) is 7.80. The Bertz CT molecular complexity index is 1220. The molecule has 2 N–H and O–H groups in total. The molecule has 2 aliphatic heterocycles. The van der Waals surface area contributed by atoms with Crippen LogP contribution >= 0.6 is 11.5 Å². The number of fused-ring (bicyclic) bond motifs is 1. The maximum absolute atomic E-state index is 12.3. The van der Waals surface area contributed by atoms with E-state index in [-0.39, 0.29) is 6.09 Å². The van der Waals surface area contributed by atoms with Gasteiger partial charge in [0.1, 0.15) is 10.6 Å². The number of nitrogens with one attached hydrogen (secondary N) is 2. The van der Waals surface area contributed by atoms with Crippen LogP contribution in [0.4, 0.5) is 15.6 Å². The number of hydrazine groups is 1. The van der Waals surface area contributed by atoms with Crippen molar-refractivity contribution in [3.63, 3.8) is 0 Å². The predicted molar refractivity (Wildman–Crippen MR) is 132 cm³/mol. The quantitative estimate of drug-likeness (QED) is 0.579. The fraction of sp³-hybridized carbons (Fsp3) is 0.478. The highest BCUT2D eigenvalue weighted by atomic mass is 32.1. The molecule has 34 heavy (non-hydrogen) atoms. The monoisotopic (exact) mass is 482 g/mol. The number of carbonyl (C=O) groups is 1. The molecule has 5 heterocycles. The lowest BCUT2D eigenvalue weighted by atomic mass is 9.94. The minimum atomic E-state index is -0.475. The number of piperidine rings is 1. The summed E-state index contributed by atoms with van der Waals surface area (Å²) in [4.78, 5) is 23.3. The van der Waals surface area contributed by atoms with Gasteiger partial charge in [-0.15, -0.1) is 0 Å². The molecule has 3 aromatic rings. The van der Waals surface area contributed by atoms with Crippen molar-refractivity contribution in [1.82, 2.24) is 34.1 Å². The van der Waals surface area contributed by atoms with Crippen LogP contribution in [0.2, 0.25) is 0 Å². The third kappa shape index (κ3) is 4.71. The van der Waals surface area contributed by atoms with Crippen LogP contribution in [-0.4, -0.2) is 67.0 Å². The molecule has 3 aromatic heterocycles. The van der Waals surface area contributed by atoms with E-state index >= 15 is 0 Å². The number of nitrogens with zero attached hydrogens (tertiary/aromatic N) is 6. The molecule has 0 unspecified atom stereocenters. The van der Waals surface area contributed by atoms with E-state index in [9.17, 15) is 4.79 Å². The zero-order valence-corrected chi connectivity index (χ0v) is 20.7. The molecule has 0 aliphatic carbocycles. The van der Waals surface area contributed by atoms with E-state index in [4.69, 9.17) is 4.74 Å². The van der Waals surface area contributed by atoms with E-state index in [1.54, 1.807) is 11.1 Å². The maximum Gasteiger partial charge on any atom is 0.410 e. The van der Waals surface area contributed by atoms with E-state index in [1.807, 2.05) is 45.2 Å². The van der Waals surface area contributed by atoms with Crippen molar-refractivity contribution in [2.24, 2.45) is 0 Å². The minimum absolute atomic E-state index is 0.236. The molecule has 0 spiro atoms. The van der Waals surface area contributed by atoms with Gasteiger partial charge in [0.05, 0.1) is 17.6 Å². The lowest BCUT2D eigenvalue weighted by Gasteiger charge is -2.32. The Balaban J connectivity index is 1.25. The first-order valence-electron chi connectivity index (χ1n) is 11.5. The highest BCUT2D eigenvalue weighted by Gasteiger charge is 2.28. The standard InChI is InChI=1S/C23H30N8O2S/c1-23(2,3)33-22(32)30-8-5-15(6-9-30)17-11-19(34-28-17)27-20-21-25-13-18(31(21)10-7-24-20)16-12-26-29(4)14-16/h7,10-11,13-15,26H,5-6,8-9,12H2,1-4H3,(H,24,27). The molecule has 1 amide bonds. The predicted octanol–water partition coefficient (Wildman–Crippen LogP) is 3.83. The molecule has 180 valence electrons. The number of amides is 1. The van der Waals surface area contributed by atoms with Crippen LogP contribution in [0.15, 0.2) is 30.9 Å². The van der Waals surface area contributed by atoms with Crippen LogP contribution in [0.3, 0.4) is 0 Å². The molecule has 2 aliphatic rings. The number of hydrogen-bond acceptors (Lipinski definition) is 9. The van der Waals surface area contributed by atoms with Gasteiger partial charge in [0, 0.05) is 56.8 Å². The van der Waals surface area contributed by atoms with Crippen molar-refractivity contribution in [1.29, 1.82) is 0 Å². The number of carbonyl (C=O) groups excluding carboxylic acids is 1. The van der Waals surface area contributed by atoms with Crippen molar-refractivity contribution in [3.05, 3.63) is 42.2 Å². The van der Waals surface area contributed by atoms with Crippen LogP contribution < -0.4 is 10.7 Å². The second-order valence-electron chi connectivity index (χ2n) is 9.70. The van der Waals surface area contributed by atoms with Gasteiger partial charge in [-0.1, -0.05) is 0 Å². The summed E-state index contributed by atoms with van der Waals surface area (Å²) in [6, 6.07) is 2.09. The van der Waals surface area contributed by atoms with E-state index in [2.05, 4.69) is 41.8 Å². The summed E-state index contributed by atoms with van der Waals surface area (Å²) < 4.78 is 12.2. The minimum Gasteiger partial charge on any atom is -0.444 e. The Morgan fingerprint density at radius 2 is 2.06 bits per heavy atom. The first-order chi connectivity index (χ1) is 16.3. The normalized spacial score (nSPS) is 17.4. The number of hydrogen-bond donors (Lipinski definition) is 2. The van der Waals surface area contributed by atoms with Crippen molar-refractivity contribution >= 4 is 39.7 Å². The highest BCUT2D eigenvalue weighted by molar-refractivity contribution is 7.10. The van der Waals surface area contributed by atoms with Crippen molar-refractivity contribution in [2.75, 3.05) is 32.0 Å². The average Bonchev–Trinajstić information content (AvgIpc) is 3.52. The van der Waals surface area contributed by atoms with Gasteiger partial charge in [-0.25, -0.2) is 20.2 Å². The second-order valence-corrected chi connectivity index (χ2v) is 10.5. The molecule has 1 fully saturated rings. The van der Waals surface area contributed by atoms with Gasteiger partial charge >= 0.3 is 6.09 Å². The molecular formula is C23H30N8O2S. The van der Waals surface area contributed by atoms with Gasteiger partial charge in [-0.3, -0.25) is 4.40 Å². The van der Waals surface area contributed by atoms with Crippen LogP contribution in [0.5, 0.6) is 0 Å². The summed E-state index contributed by atoms with van der Waals surface area (Å²) in [7, 11) is 1.98. The summed E-state index contributed by atoms with van der Waals surface area (Å²) in [5.41, 5.74) is 6.82. The summed E-state index contributed by atoms with van der Waals surface area (Å²) >= 11 is 1.42. The first kappa shape index (κ1) is 22.6. The molecular weight excluding hydrogens is 452 g/mol. The molecule has 0 aromatic carbocycles. The second kappa shape index (κ2) is 8.88. The molecule has 5 rings (SSSR count). The first-order valence-corrected chi connectivity index (χ1v) is 12.3. The number of ether oxygens (including phenoxy) is 1. The number of rotatable bonds is 4. The average molecular weight is 483 g/mol. The van der Waals surface area contributed by atoms with Gasteiger partial charge in [-0.2, -0.15) is 4.37 Å². The Morgan fingerprint density at radius 1 is 1.26 bits per heavy atom. The Hall–Kier alpha value is -3.18. The smallest absolute Gasteiger partial charge is 0.410 e. The Morgan fingerprint density at radius 3 is 2.76 bits per heavy atom. The number of likely N-dealkylation sites (tertiary alicyclic amines) is 1. The van der Waals surface area contributed by atoms with Gasteiger partial charge in [0.25, 0.3) is 0 Å². The van der Waals surface area contributed by atoms with Crippen molar-refractivity contribution in [3.8, 4) is 0 Å². The summed E-state index contributed by atoms with van der Waals surface area (Å²) in [5, 5.41) is 6.28. The number of anilines is 2. The zero-order chi connectivity index (χ0) is 23.9. The lowest BCUT2D eigenvalue weighted by molar-refractivity contribution is 0.0204. The van der Waals surface area contributed by atoms with Crippen LogP contribution in [0.1, 0.15) is 50.9 Å². The number of aromatic nitrogens is 4. The third-order valence-electron chi connectivity index (χ3n) is 5.96. The lowest BCUT2D eigenvalue weighted by Crippen LogP contribution is -2.41. The van der Waals surface area contributed by atoms with Gasteiger partial charge in [0.2, 0.25) is 0 Å². The third-order valence-corrected chi connectivity index (χ3v) is 6.68. The molecule has 0 bridgehead atoms. The van der Waals surface area contributed by atoms with Crippen LogP contribution in [-0.2, 0) is 4.74 Å². The van der Waals surface area contributed by atoms with Gasteiger partial charge in [0.15, 0.2) is 11.5 Å². The summed E-state index contributed by atoms with van der Waals surface area (Å²) in [5.74, 6) is 1.02. The molecule has 0 saturated carbocycles. The zero-order valence-electron chi connectivity index (χ0n) is 19.9. The topological polar surface area (TPSA) is 99.9 Å². The fourth-order valence-corrected chi connectivity index (χ4v) is 5.00. The fourth-order valence-electron chi connectivity index (χ4n) is 4.28. The largest absolute Gasteiger partial charge is 0.444 e. The Kier molecular flexibility index (Phi) is 5.90. The molecule has 1 saturated heterocycles. The van der Waals surface area contributed by atoms with Crippen molar-refractivity contribution < 1.29 is 9.53 Å². The van der Waals surface area contributed by atoms with E-state index in [0.717, 1.165) is 41.4 Å². The van der Waals surface area contributed by atoms with E-state index in [1.165, 1.54) is 17.1 Å². The van der Waals surface area contributed by atoms with Crippen molar-refractivity contribution in [2.45, 2.75) is 45.1 Å². The molecule has 10 nitrogen and oxygen atoms in total. The molecule has 0 radical (unpaired) electrons. The highest BCUT2D eigenvalue weighted by Crippen LogP contribution is 2.33. The Labute approximate surface area is 202 Å². The van der Waals surface area contributed by atoms with Gasteiger partial charge in [-0.05, 0) is 51.2 Å². The van der Waals surface area contributed by atoms with Gasteiger partial charge < -0.3 is 20.0 Å². The SMILES string of the molecule is CN1C=C(c2cnc3c(Nc4cc(C5CCN(C(=O)OC(C)(C)C)CC5)ns4)nccn23)CN1. The summed E-state index contributed by atoms with van der Waals surface area (Å²) in [6.07, 6.45) is 9.17. The van der Waals surface area contributed by atoms with Crippen LogP contribution in [0, 0.1) is 0 Å². The van der Waals surface area contributed by atoms with Crippen LogP contribution in [0.25, 0.3) is 11.2 Å². The molecule has 11 heteroatoms.